The summed E-state index contributed by atoms with van der Waals surface area (Å²) in [6.07, 6.45) is 0. The Bertz CT molecular complexity index is 5780. The minimum Gasteiger partial charge on any atom is -0.456 e. The SMILES string of the molecule is c1ccc(N(c2ccccc2)c2ccc(-n3c4ccccc4c4c5oc6c(ccc7oc8ccccc8c76)c5ccc43)cc2)cc1.c1ccc(N(c2ccccc2)c2ccc(-n3c4ccccc4c4c5oc6c(ccc7sc8ccccc8c76)c5ccc43)cc2)cc1. The van der Waals surface area contributed by atoms with E-state index in [-0.39, 0.29) is 0 Å². The van der Waals surface area contributed by atoms with Crippen molar-refractivity contribution in [1.82, 2.24) is 9.13 Å². The Kier molecular flexibility index (Phi) is 11.7. The molecular weight excluding hydrogens is 1150 g/mol. The Labute approximate surface area is 530 Å². The largest absolute Gasteiger partial charge is 0.456 e. The van der Waals surface area contributed by atoms with Crippen molar-refractivity contribution in [2.24, 2.45) is 0 Å². The maximum Gasteiger partial charge on any atom is 0.147 e. The van der Waals surface area contributed by atoms with Crippen LogP contribution in [0.3, 0.4) is 0 Å². The molecule has 0 amide bonds. The van der Waals surface area contributed by atoms with Crippen LogP contribution in [0.1, 0.15) is 0 Å². The average molecular weight is 1200 g/mol. The highest BCUT2D eigenvalue weighted by Crippen LogP contribution is 2.48. The zero-order valence-corrected chi connectivity index (χ0v) is 50.3. The molecule has 6 aromatic heterocycles. The summed E-state index contributed by atoms with van der Waals surface area (Å²) in [6, 6.07) is 111. The van der Waals surface area contributed by atoms with E-state index in [0.29, 0.717) is 0 Å². The van der Waals surface area contributed by atoms with Crippen molar-refractivity contribution >= 4 is 175 Å². The minimum atomic E-state index is 0.839. The molecule has 0 atom stereocenters. The van der Waals surface area contributed by atoms with Crippen LogP contribution in [0.15, 0.2) is 329 Å². The predicted molar refractivity (Wildman–Crippen MR) is 386 cm³/mol. The second kappa shape index (κ2) is 20.8. The van der Waals surface area contributed by atoms with Crippen LogP contribution in [-0.2, 0) is 0 Å². The van der Waals surface area contributed by atoms with Crippen LogP contribution in [0.25, 0.3) is 141 Å². The second-order valence-corrected chi connectivity index (χ2v) is 24.5. The molecule has 0 fully saturated rings. The van der Waals surface area contributed by atoms with Gasteiger partial charge in [0.1, 0.15) is 33.5 Å². The number of hydrogen-bond acceptors (Lipinski definition) is 6. The molecule has 0 N–H and O–H groups in total. The number of anilines is 6. The molecule has 0 aliphatic carbocycles. The summed E-state index contributed by atoms with van der Waals surface area (Å²) in [7, 11) is 0. The van der Waals surface area contributed by atoms with E-state index in [2.05, 4.69) is 322 Å². The van der Waals surface area contributed by atoms with Crippen molar-refractivity contribution < 1.29 is 13.3 Å². The van der Waals surface area contributed by atoms with Gasteiger partial charge in [0, 0.05) is 103 Å². The van der Waals surface area contributed by atoms with Crippen LogP contribution in [0.2, 0.25) is 0 Å². The minimum absolute atomic E-state index is 0.839. The van der Waals surface area contributed by atoms with Gasteiger partial charge in [-0.05, 0) is 170 Å². The average Bonchev–Trinajstić information content (AvgIpc) is 1.60. The summed E-state index contributed by atoms with van der Waals surface area (Å²) in [4.78, 5) is 4.58. The molecule has 14 aromatic carbocycles. The number of thiophene rings is 1. The van der Waals surface area contributed by atoms with Gasteiger partial charge in [-0.1, -0.05) is 146 Å². The van der Waals surface area contributed by atoms with Crippen molar-refractivity contribution in [3.8, 4) is 11.4 Å². The van der Waals surface area contributed by atoms with Crippen molar-refractivity contribution in [3.63, 3.8) is 0 Å². The summed E-state index contributed by atoms with van der Waals surface area (Å²) in [5.74, 6) is 0. The van der Waals surface area contributed by atoms with Crippen LogP contribution in [0.5, 0.6) is 0 Å². The number of rotatable bonds is 8. The first kappa shape index (κ1) is 51.9. The van der Waals surface area contributed by atoms with Crippen LogP contribution < -0.4 is 9.80 Å². The van der Waals surface area contributed by atoms with Gasteiger partial charge in [0.05, 0.1) is 38.2 Å². The van der Waals surface area contributed by atoms with E-state index in [1.807, 2.05) is 23.5 Å². The normalized spacial score (nSPS) is 11.9. The third kappa shape index (κ3) is 8.00. The molecule has 20 rings (SSSR count). The van der Waals surface area contributed by atoms with Gasteiger partial charge in [0.2, 0.25) is 0 Å². The van der Waals surface area contributed by atoms with Gasteiger partial charge in [-0.25, -0.2) is 0 Å². The van der Waals surface area contributed by atoms with Crippen LogP contribution in [-0.4, -0.2) is 9.13 Å². The van der Waals surface area contributed by atoms with Gasteiger partial charge in [0.15, 0.2) is 0 Å². The molecule has 92 heavy (non-hydrogen) atoms. The maximum absolute atomic E-state index is 6.94. The van der Waals surface area contributed by atoms with Gasteiger partial charge >= 0.3 is 0 Å². The molecule has 20 aromatic rings. The molecule has 7 nitrogen and oxygen atoms in total. The van der Waals surface area contributed by atoms with E-state index in [1.165, 1.54) is 25.6 Å². The highest BCUT2D eigenvalue weighted by atomic mass is 32.1. The van der Waals surface area contributed by atoms with E-state index >= 15 is 0 Å². The molecule has 0 radical (unpaired) electrons. The number of benzene rings is 14. The molecule has 0 saturated heterocycles. The van der Waals surface area contributed by atoms with Gasteiger partial charge in [0.25, 0.3) is 0 Å². The molecule has 6 heterocycles. The van der Waals surface area contributed by atoms with Crippen molar-refractivity contribution in [1.29, 1.82) is 0 Å². The molecule has 432 valence electrons. The second-order valence-electron chi connectivity index (χ2n) is 23.5. The molecule has 0 aliphatic heterocycles. The number of para-hydroxylation sites is 7. The van der Waals surface area contributed by atoms with Gasteiger partial charge in [-0.2, -0.15) is 0 Å². The molecule has 0 aliphatic rings. The maximum atomic E-state index is 6.94. The quantitative estimate of drug-likeness (QED) is 0.152. The monoisotopic (exact) mass is 1200 g/mol. The van der Waals surface area contributed by atoms with Gasteiger partial charge < -0.3 is 32.2 Å². The van der Waals surface area contributed by atoms with E-state index in [1.54, 1.807) is 0 Å². The molecule has 0 unspecified atom stereocenters. The van der Waals surface area contributed by atoms with Crippen molar-refractivity contribution in [2.75, 3.05) is 9.80 Å². The highest BCUT2D eigenvalue weighted by Gasteiger charge is 2.24. The first-order valence-electron chi connectivity index (χ1n) is 31.1. The summed E-state index contributed by atoms with van der Waals surface area (Å²) >= 11 is 1.83. The summed E-state index contributed by atoms with van der Waals surface area (Å²) in [5.41, 5.74) is 18.8. The Morgan fingerprint density at radius 3 is 1.08 bits per heavy atom. The Morgan fingerprint density at radius 2 is 0.587 bits per heavy atom. The first-order valence-corrected chi connectivity index (χ1v) is 31.9. The molecular formula is C84H52N4O3S. The van der Waals surface area contributed by atoms with Gasteiger partial charge in [-0.15, -0.1) is 11.3 Å². The number of fused-ring (bicyclic) bond motifs is 22. The zero-order chi connectivity index (χ0) is 60.4. The number of furan rings is 3. The lowest BCUT2D eigenvalue weighted by atomic mass is 10.1. The molecule has 0 spiro atoms. The lowest BCUT2D eigenvalue weighted by molar-refractivity contribution is 0.664. The van der Waals surface area contributed by atoms with Crippen LogP contribution in [0.4, 0.5) is 34.1 Å². The van der Waals surface area contributed by atoms with E-state index < -0.39 is 0 Å². The Balaban J connectivity index is 0.000000132. The fourth-order valence-corrected chi connectivity index (χ4v) is 15.5. The zero-order valence-electron chi connectivity index (χ0n) is 49.4. The van der Waals surface area contributed by atoms with E-state index in [9.17, 15) is 0 Å². The van der Waals surface area contributed by atoms with Crippen molar-refractivity contribution in [3.05, 3.63) is 315 Å². The highest BCUT2D eigenvalue weighted by molar-refractivity contribution is 7.26. The number of aromatic nitrogens is 2. The number of hydrogen-bond donors (Lipinski definition) is 0. The lowest BCUT2D eigenvalue weighted by Gasteiger charge is -2.25. The van der Waals surface area contributed by atoms with E-state index in [4.69, 9.17) is 13.3 Å². The van der Waals surface area contributed by atoms with Gasteiger partial charge in [-0.3, -0.25) is 0 Å². The lowest BCUT2D eigenvalue weighted by Crippen LogP contribution is -2.09. The predicted octanol–water partition coefficient (Wildman–Crippen LogP) is 24.6. The fourth-order valence-electron chi connectivity index (χ4n) is 14.4. The van der Waals surface area contributed by atoms with Crippen LogP contribution in [0, 0.1) is 0 Å². The van der Waals surface area contributed by atoms with E-state index in [0.717, 1.165) is 150 Å². The molecule has 8 heteroatoms. The fraction of sp³-hybridized carbons (Fsp3) is 0. The first-order chi connectivity index (χ1) is 45.7. The Morgan fingerprint density at radius 1 is 0.217 bits per heavy atom. The third-order valence-electron chi connectivity index (χ3n) is 18.4. The van der Waals surface area contributed by atoms with Crippen molar-refractivity contribution in [2.45, 2.75) is 0 Å². The topological polar surface area (TPSA) is 55.8 Å². The molecule has 0 bridgehead atoms. The standard InChI is InChI=1S/C42H26N2O2.C42H26N2OS/c1-3-11-27(12-4-1)43(28-13-5-2-6-14-28)29-19-21-30(22-20-29)44-35-17-9-7-15-33(35)39-36(44)25-23-31-32-24-26-38-40(42(32)46-41(31)39)34-16-8-10-18-37(34)45-38;1-3-11-27(12-4-1)43(28-13-5-2-6-14-28)29-19-21-30(22-20-29)44-35-17-9-7-15-33(35)39-36(44)25-23-31-32-24-26-38-40(42(32)45-41(31)39)34-16-8-10-18-37(34)46-38/h2*1-26H. The summed E-state index contributed by atoms with van der Waals surface area (Å²) in [5, 5.41) is 13.7. The Hall–Kier alpha value is -12.1. The smallest absolute Gasteiger partial charge is 0.147 e. The molecule has 0 saturated carbocycles. The number of nitrogens with zero attached hydrogens (tertiary/aromatic N) is 4. The summed E-state index contributed by atoms with van der Waals surface area (Å²) in [6.45, 7) is 0. The third-order valence-corrected chi connectivity index (χ3v) is 19.5. The van der Waals surface area contributed by atoms with Crippen LogP contribution >= 0.6 is 11.3 Å². The summed E-state index contributed by atoms with van der Waals surface area (Å²) < 4.78 is 27.3.